The number of halogens is 1. The van der Waals surface area contributed by atoms with E-state index in [1.807, 2.05) is 13.8 Å². The lowest BCUT2D eigenvalue weighted by Gasteiger charge is -2.31. The second kappa shape index (κ2) is 11.3. The zero-order valence-corrected chi connectivity index (χ0v) is 22.1. The van der Waals surface area contributed by atoms with Crippen molar-refractivity contribution in [2.45, 2.75) is 46.6 Å². The van der Waals surface area contributed by atoms with Crippen LogP contribution in [0.2, 0.25) is 0 Å². The first-order valence-corrected chi connectivity index (χ1v) is 12.3. The molecule has 1 aliphatic carbocycles. The molecular formula is C28H34FN5O3. The number of hydrogen-bond acceptors (Lipinski definition) is 5. The zero-order chi connectivity index (χ0) is 27.4. The van der Waals surface area contributed by atoms with Gasteiger partial charge >= 0.3 is 6.03 Å². The Morgan fingerprint density at radius 1 is 1.16 bits per heavy atom. The van der Waals surface area contributed by atoms with Crippen LogP contribution in [-0.2, 0) is 7.05 Å². The number of nitrogens with zero attached hydrogens (tertiary/aromatic N) is 3. The lowest BCUT2D eigenvalue weighted by molar-refractivity contribution is 0.112. The Morgan fingerprint density at radius 2 is 1.84 bits per heavy atom. The number of urea groups is 1. The summed E-state index contributed by atoms with van der Waals surface area (Å²) in [4.78, 5) is 42.5. The van der Waals surface area contributed by atoms with Gasteiger partial charge in [-0.2, -0.15) is 0 Å². The molecule has 1 fully saturated rings. The molecule has 37 heavy (non-hydrogen) atoms. The van der Waals surface area contributed by atoms with Crippen molar-refractivity contribution in [1.29, 1.82) is 0 Å². The van der Waals surface area contributed by atoms with E-state index in [-0.39, 0.29) is 34.4 Å². The fraction of sp³-hybridized carbons (Fsp3) is 0.321. The zero-order valence-electron chi connectivity index (χ0n) is 22.1. The van der Waals surface area contributed by atoms with Gasteiger partial charge in [0.05, 0.1) is 22.6 Å². The van der Waals surface area contributed by atoms with E-state index >= 15 is 0 Å². The summed E-state index contributed by atoms with van der Waals surface area (Å²) in [5.74, 6) is -0.460. The lowest BCUT2D eigenvalue weighted by atomic mass is 10.1. The fourth-order valence-corrected chi connectivity index (χ4v) is 4.12. The molecule has 1 heterocycles. The number of amides is 2. The summed E-state index contributed by atoms with van der Waals surface area (Å²) in [5, 5.41) is 2.90. The molecular weight excluding hydrogens is 473 g/mol. The van der Waals surface area contributed by atoms with Crippen LogP contribution in [0.1, 0.15) is 48.2 Å². The van der Waals surface area contributed by atoms with Crippen molar-refractivity contribution >= 4 is 40.9 Å². The van der Waals surface area contributed by atoms with Gasteiger partial charge in [-0.3, -0.25) is 19.1 Å². The Labute approximate surface area is 216 Å². The second-order valence-electron chi connectivity index (χ2n) is 8.88. The number of pyridine rings is 1. The minimum atomic E-state index is -0.534. The van der Waals surface area contributed by atoms with Crippen molar-refractivity contribution in [3.8, 4) is 0 Å². The highest BCUT2D eigenvalue weighted by Gasteiger charge is 2.36. The first-order chi connectivity index (χ1) is 17.6. The highest BCUT2D eigenvalue weighted by atomic mass is 19.1. The van der Waals surface area contributed by atoms with Gasteiger partial charge in [-0.05, 0) is 62.6 Å². The van der Waals surface area contributed by atoms with Crippen LogP contribution >= 0.6 is 0 Å². The number of carbonyl (C=O) groups excluding carboxylic acids is 2. The highest BCUT2D eigenvalue weighted by molar-refractivity contribution is 6.06. The minimum absolute atomic E-state index is 0.0459. The molecule has 4 rings (SSSR count). The number of rotatable bonds is 6. The van der Waals surface area contributed by atoms with Crippen molar-refractivity contribution in [2.75, 3.05) is 23.0 Å². The molecule has 0 saturated heterocycles. The molecule has 2 amide bonds. The van der Waals surface area contributed by atoms with Crippen LogP contribution in [-0.4, -0.2) is 34.9 Å². The SMILES string of the molecule is CC.Cc1ccc(Nc2c(C=O)c(N(C(=O)N(C)C3CC3)c3cccc(N)c3)c(C)c(=O)n2C)c(F)c1. The summed E-state index contributed by atoms with van der Waals surface area (Å²) >= 11 is 0. The van der Waals surface area contributed by atoms with E-state index in [0.717, 1.165) is 18.4 Å². The number of aldehydes is 1. The number of aromatic nitrogens is 1. The second-order valence-corrected chi connectivity index (χ2v) is 8.88. The van der Waals surface area contributed by atoms with E-state index in [0.29, 0.717) is 17.7 Å². The van der Waals surface area contributed by atoms with Gasteiger partial charge in [0, 0.05) is 31.4 Å². The first-order valence-electron chi connectivity index (χ1n) is 12.3. The van der Waals surface area contributed by atoms with Gasteiger partial charge in [0.2, 0.25) is 0 Å². The van der Waals surface area contributed by atoms with Gasteiger partial charge in [0.1, 0.15) is 11.6 Å². The predicted octanol–water partition coefficient (Wildman–Crippen LogP) is 5.66. The third-order valence-corrected chi connectivity index (χ3v) is 6.26. The van der Waals surface area contributed by atoms with Crippen molar-refractivity contribution in [3.63, 3.8) is 0 Å². The topological polar surface area (TPSA) is 101 Å². The maximum absolute atomic E-state index is 14.7. The summed E-state index contributed by atoms with van der Waals surface area (Å²) < 4.78 is 15.9. The summed E-state index contributed by atoms with van der Waals surface area (Å²) in [7, 11) is 3.18. The molecule has 3 aromatic rings. The standard InChI is InChI=1S/C26H28FN5O3.C2H6/c1-15-8-11-22(21(27)12-15)29-24-20(14-33)23(16(2)25(34)31(24)4)32(19-7-5-6-17(28)13-19)26(35)30(3)18-9-10-18;1-2/h5-8,11-14,18,29H,9-10,28H2,1-4H3;1-2H3. The lowest BCUT2D eigenvalue weighted by Crippen LogP contribution is -2.41. The number of anilines is 5. The molecule has 196 valence electrons. The molecule has 0 radical (unpaired) electrons. The normalized spacial score (nSPS) is 12.3. The number of carbonyl (C=O) groups is 2. The van der Waals surface area contributed by atoms with Crippen molar-refractivity contribution in [3.05, 3.63) is 75.3 Å². The number of nitrogen functional groups attached to an aromatic ring is 1. The van der Waals surface area contributed by atoms with E-state index in [9.17, 15) is 18.8 Å². The summed E-state index contributed by atoms with van der Waals surface area (Å²) in [5.41, 5.74) is 7.60. The molecule has 1 aromatic heterocycles. The monoisotopic (exact) mass is 507 g/mol. The quantitative estimate of drug-likeness (QED) is 0.331. The van der Waals surface area contributed by atoms with Crippen LogP contribution in [0.4, 0.5) is 37.8 Å². The number of aryl methyl sites for hydroxylation is 1. The molecule has 1 aliphatic rings. The third kappa shape index (κ3) is 5.50. The Balaban J connectivity index is 0.00000186. The van der Waals surface area contributed by atoms with E-state index in [1.165, 1.54) is 28.6 Å². The van der Waals surface area contributed by atoms with Crippen LogP contribution in [0.25, 0.3) is 0 Å². The maximum Gasteiger partial charge on any atom is 0.329 e. The van der Waals surface area contributed by atoms with Crippen molar-refractivity contribution in [1.82, 2.24) is 9.47 Å². The maximum atomic E-state index is 14.7. The van der Waals surface area contributed by atoms with Crippen molar-refractivity contribution in [2.24, 2.45) is 7.05 Å². The van der Waals surface area contributed by atoms with E-state index in [2.05, 4.69) is 5.32 Å². The van der Waals surface area contributed by atoms with E-state index in [1.54, 1.807) is 56.1 Å². The molecule has 9 heteroatoms. The third-order valence-electron chi connectivity index (χ3n) is 6.26. The fourth-order valence-electron chi connectivity index (χ4n) is 4.12. The first kappa shape index (κ1) is 27.4. The summed E-state index contributed by atoms with van der Waals surface area (Å²) in [6, 6.07) is 11.0. The van der Waals surface area contributed by atoms with Crippen LogP contribution in [0, 0.1) is 19.7 Å². The largest absolute Gasteiger partial charge is 0.399 e. The van der Waals surface area contributed by atoms with Crippen LogP contribution in [0.5, 0.6) is 0 Å². The van der Waals surface area contributed by atoms with Gasteiger partial charge in [-0.15, -0.1) is 0 Å². The molecule has 0 aliphatic heterocycles. The van der Waals surface area contributed by atoms with Gasteiger partial charge in [0.15, 0.2) is 6.29 Å². The number of benzene rings is 2. The van der Waals surface area contributed by atoms with Crippen LogP contribution in [0.15, 0.2) is 47.3 Å². The number of nitrogens with two attached hydrogens (primary N) is 1. The predicted molar refractivity (Wildman–Crippen MR) is 147 cm³/mol. The number of nitrogens with one attached hydrogen (secondary N) is 1. The Hall–Kier alpha value is -4.14. The molecule has 3 N–H and O–H groups in total. The van der Waals surface area contributed by atoms with Crippen LogP contribution < -0.4 is 21.5 Å². The molecule has 1 saturated carbocycles. The summed E-state index contributed by atoms with van der Waals surface area (Å²) in [6.07, 6.45) is 2.32. The van der Waals surface area contributed by atoms with E-state index < -0.39 is 17.4 Å². The summed E-state index contributed by atoms with van der Waals surface area (Å²) in [6.45, 7) is 7.32. The minimum Gasteiger partial charge on any atom is -0.399 e. The highest BCUT2D eigenvalue weighted by Crippen LogP contribution is 2.37. The Kier molecular flexibility index (Phi) is 8.37. The molecule has 0 unspecified atom stereocenters. The van der Waals surface area contributed by atoms with Crippen LogP contribution in [0.3, 0.4) is 0 Å². The Bertz CT molecular complexity index is 1380. The van der Waals surface area contributed by atoms with Gasteiger partial charge < -0.3 is 16.0 Å². The average Bonchev–Trinajstić information content (AvgIpc) is 3.73. The van der Waals surface area contributed by atoms with Gasteiger partial charge in [-0.25, -0.2) is 9.18 Å². The molecule has 2 aromatic carbocycles. The molecule has 0 bridgehead atoms. The van der Waals surface area contributed by atoms with Gasteiger partial charge in [0.25, 0.3) is 5.56 Å². The smallest absolute Gasteiger partial charge is 0.329 e. The Morgan fingerprint density at radius 3 is 2.41 bits per heavy atom. The van der Waals surface area contributed by atoms with Gasteiger partial charge in [-0.1, -0.05) is 26.0 Å². The van der Waals surface area contributed by atoms with E-state index in [4.69, 9.17) is 5.73 Å². The number of hydrogen-bond donors (Lipinski definition) is 2. The average molecular weight is 508 g/mol. The van der Waals surface area contributed by atoms with Crippen molar-refractivity contribution < 1.29 is 14.0 Å². The molecule has 0 spiro atoms. The molecule has 0 atom stereocenters. The molecule has 8 nitrogen and oxygen atoms in total.